The van der Waals surface area contributed by atoms with Gasteiger partial charge in [-0.3, -0.25) is 4.79 Å². The summed E-state index contributed by atoms with van der Waals surface area (Å²) in [5, 5.41) is 16.2. The van der Waals surface area contributed by atoms with Crippen molar-refractivity contribution in [1.29, 1.82) is 5.26 Å². The Hall–Kier alpha value is -3.26. The van der Waals surface area contributed by atoms with Gasteiger partial charge in [0.1, 0.15) is 0 Å². The minimum Gasteiger partial charge on any atom is -0.372 e. The van der Waals surface area contributed by atoms with Gasteiger partial charge in [-0.1, -0.05) is 35.9 Å². The normalized spacial score (nSPS) is 27.7. The van der Waals surface area contributed by atoms with Crippen molar-refractivity contribution in [2.45, 2.75) is 24.9 Å². The zero-order chi connectivity index (χ0) is 18.8. The fraction of sp³-hybridized carbons (Fsp3) is 0.273. The van der Waals surface area contributed by atoms with E-state index in [0.717, 1.165) is 16.9 Å². The lowest BCUT2D eigenvalue weighted by atomic mass is 9.66. The van der Waals surface area contributed by atoms with Gasteiger partial charge in [-0.15, -0.1) is 0 Å². The summed E-state index contributed by atoms with van der Waals surface area (Å²) in [6, 6.07) is 16.5. The van der Waals surface area contributed by atoms with E-state index in [1.54, 1.807) is 0 Å². The summed E-state index contributed by atoms with van der Waals surface area (Å²) in [4.78, 5) is 15.4. The quantitative estimate of drug-likeness (QED) is 0.756. The van der Waals surface area contributed by atoms with Crippen LogP contribution in [-0.2, 0) is 10.3 Å². The van der Waals surface area contributed by atoms with Gasteiger partial charge in [0.25, 0.3) is 5.91 Å². The van der Waals surface area contributed by atoms with Crippen molar-refractivity contribution in [3.05, 3.63) is 70.9 Å². The van der Waals surface area contributed by atoms with E-state index < -0.39 is 5.54 Å². The number of hydrogen-bond acceptors (Lipinski definition) is 4. The summed E-state index contributed by atoms with van der Waals surface area (Å²) < 4.78 is 0. The Morgan fingerprint density at radius 2 is 2.04 bits per heavy atom. The minimum absolute atomic E-state index is 0.0233. The molecule has 0 saturated carbocycles. The summed E-state index contributed by atoms with van der Waals surface area (Å²) in [5.41, 5.74) is 4.98. The van der Waals surface area contributed by atoms with E-state index in [0.29, 0.717) is 12.0 Å². The first-order valence-electron chi connectivity index (χ1n) is 9.17. The number of carbonyl (C=O) groups is 1. The average molecular weight is 356 g/mol. The predicted octanol–water partition coefficient (Wildman–Crippen LogP) is 3.67. The van der Waals surface area contributed by atoms with Gasteiger partial charge in [0.05, 0.1) is 12.1 Å². The van der Waals surface area contributed by atoms with E-state index in [1.165, 1.54) is 11.1 Å². The highest BCUT2D eigenvalue weighted by Crippen LogP contribution is 2.56. The maximum atomic E-state index is 13.3. The van der Waals surface area contributed by atoms with Crippen LogP contribution in [0.15, 0.2) is 54.2 Å². The first kappa shape index (κ1) is 16.0. The molecule has 3 heterocycles. The van der Waals surface area contributed by atoms with Crippen molar-refractivity contribution >= 4 is 17.3 Å². The van der Waals surface area contributed by atoms with Crippen LogP contribution < -0.4 is 10.6 Å². The molecule has 3 atom stereocenters. The Morgan fingerprint density at radius 1 is 1.22 bits per heavy atom. The smallest absolute Gasteiger partial charge is 0.255 e. The Balaban J connectivity index is 1.80. The molecule has 1 unspecified atom stereocenters. The van der Waals surface area contributed by atoms with Crippen LogP contribution in [0.5, 0.6) is 0 Å². The Morgan fingerprint density at radius 3 is 2.85 bits per heavy atom. The molecular weight excluding hydrogens is 336 g/mol. The third-order valence-corrected chi connectivity index (χ3v) is 6.13. The van der Waals surface area contributed by atoms with Gasteiger partial charge < -0.3 is 15.5 Å². The number of nitriles is 1. The van der Waals surface area contributed by atoms with Crippen molar-refractivity contribution in [2.24, 2.45) is 5.92 Å². The third-order valence-electron chi connectivity index (χ3n) is 6.13. The Labute approximate surface area is 158 Å². The summed E-state index contributed by atoms with van der Waals surface area (Å²) in [6.07, 6.45) is 2.48. The molecule has 5 rings (SSSR count). The molecule has 134 valence electrons. The average Bonchev–Trinajstić information content (AvgIpc) is 2.94. The number of anilines is 2. The molecule has 5 nitrogen and oxygen atoms in total. The lowest BCUT2D eigenvalue weighted by Crippen LogP contribution is -2.56. The number of para-hydroxylation sites is 1. The molecule has 27 heavy (non-hydrogen) atoms. The van der Waals surface area contributed by atoms with Gasteiger partial charge in [0.2, 0.25) is 0 Å². The molecule has 0 radical (unpaired) electrons. The van der Waals surface area contributed by atoms with E-state index in [2.05, 4.69) is 46.7 Å². The van der Waals surface area contributed by atoms with Crippen LogP contribution in [0.4, 0.5) is 11.4 Å². The fourth-order valence-electron chi connectivity index (χ4n) is 5.03. The number of nitrogens with zero attached hydrogens (tertiary/aromatic N) is 2. The second-order valence-electron chi connectivity index (χ2n) is 7.71. The molecule has 2 N–H and O–H groups in total. The molecule has 0 fully saturated rings. The maximum absolute atomic E-state index is 13.3. The molecule has 2 aromatic carbocycles. The molecule has 1 amide bonds. The van der Waals surface area contributed by atoms with E-state index in [4.69, 9.17) is 0 Å². The number of nitrogens with one attached hydrogen (secondary N) is 2. The predicted molar refractivity (Wildman–Crippen MR) is 104 cm³/mol. The van der Waals surface area contributed by atoms with Gasteiger partial charge in [-0.2, -0.15) is 5.26 Å². The minimum atomic E-state index is -0.881. The Bertz CT molecular complexity index is 1050. The number of carbonyl (C=O) groups excluding carboxylic acids is 1. The lowest BCUT2D eigenvalue weighted by molar-refractivity contribution is -0.123. The number of amides is 1. The van der Waals surface area contributed by atoms with Crippen LogP contribution in [0, 0.1) is 24.2 Å². The Kier molecular flexibility index (Phi) is 3.17. The molecule has 0 aromatic heterocycles. The number of allylic oxidation sites excluding steroid dienone is 1. The van der Waals surface area contributed by atoms with Gasteiger partial charge >= 0.3 is 0 Å². The highest BCUT2D eigenvalue weighted by atomic mass is 16.2. The molecule has 0 bridgehead atoms. The summed E-state index contributed by atoms with van der Waals surface area (Å²) >= 11 is 0. The maximum Gasteiger partial charge on any atom is 0.255 e. The first-order valence-corrected chi connectivity index (χ1v) is 9.17. The summed E-state index contributed by atoms with van der Waals surface area (Å²) in [6.45, 7) is 2.08. The molecule has 0 saturated heterocycles. The van der Waals surface area contributed by atoms with Gasteiger partial charge in [-0.05, 0) is 31.0 Å². The highest BCUT2D eigenvalue weighted by molar-refractivity contribution is 6.08. The third kappa shape index (κ3) is 2.01. The molecule has 5 heteroatoms. The summed E-state index contributed by atoms with van der Waals surface area (Å²) in [5.74, 6) is -0.127. The molecule has 0 aliphatic carbocycles. The first-order chi connectivity index (χ1) is 13.0. The van der Waals surface area contributed by atoms with E-state index in [-0.39, 0.29) is 17.9 Å². The number of rotatable bonds is 0. The van der Waals surface area contributed by atoms with Crippen molar-refractivity contribution in [3.63, 3.8) is 0 Å². The van der Waals surface area contributed by atoms with Crippen LogP contribution >= 0.6 is 0 Å². The monoisotopic (exact) mass is 356 g/mol. The van der Waals surface area contributed by atoms with Crippen LogP contribution in [0.1, 0.15) is 29.2 Å². The van der Waals surface area contributed by atoms with Crippen molar-refractivity contribution < 1.29 is 4.79 Å². The zero-order valence-electron chi connectivity index (χ0n) is 15.3. The van der Waals surface area contributed by atoms with Crippen molar-refractivity contribution in [1.82, 2.24) is 4.90 Å². The number of aryl methyl sites for hydroxylation is 1. The van der Waals surface area contributed by atoms with Crippen LogP contribution in [0.2, 0.25) is 0 Å². The molecule has 3 aliphatic rings. The number of fused-ring (bicyclic) bond motifs is 6. The highest BCUT2D eigenvalue weighted by Gasteiger charge is 2.59. The van der Waals surface area contributed by atoms with Crippen LogP contribution in [0.3, 0.4) is 0 Å². The van der Waals surface area contributed by atoms with E-state index in [1.807, 2.05) is 37.5 Å². The lowest BCUT2D eigenvalue weighted by Gasteiger charge is -2.51. The van der Waals surface area contributed by atoms with E-state index >= 15 is 0 Å². The second kappa shape index (κ2) is 5.37. The molecular formula is C22H20N4O. The van der Waals surface area contributed by atoms with Crippen LogP contribution in [-0.4, -0.2) is 17.9 Å². The van der Waals surface area contributed by atoms with Crippen molar-refractivity contribution in [2.75, 3.05) is 17.7 Å². The van der Waals surface area contributed by atoms with Gasteiger partial charge in [-0.25, -0.2) is 0 Å². The molecule has 2 aromatic rings. The largest absolute Gasteiger partial charge is 0.372 e. The van der Waals surface area contributed by atoms with E-state index in [9.17, 15) is 10.1 Å². The SMILES string of the molecule is Cc1ccc2c(c1)[C@@H]1[C@@H](CC(C#N)=CN1C)C1(N2)C(=O)Nc2ccccc21. The number of benzene rings is 2. The standard InChI is InChI=1S/C22H20N4O/c1-13-7-8-18-15(9-13)20-17(10-14(11-23)12-26(20)2)22(25-18)16-5-3-4-6-19(16)24-21(22)27/h3-9,12,17,20,25H,10H2,1-2H3,(H,24,27)/t17-,20-,22?/m1/s1. The number of hydrogen-bond donors (Lipinski definition) is 2. The van der Waals surface area contributed by atoms with Crippen molar-refractivity contribution in [3.8, 4) is 6.07 Å². The van der Waals surface area contributed by atoms with Crippen LogP contribution in [0.25, 0.3) is 0 Å². The fourth-order valence-corrected chi connectivity index (χ4v) is 5.03. The zero-order valence-corrected chi connectivity index (χ0v) is 15.3. The summed E-state index contributed by atoms with van der Waals surface area (Å²) in [7, 11) is 2.00. The molecule has 3 aliphatic heterocycles. The van der Waals surface area contributed by atoms with Gasteiger partial charge in [0, 0.05) is 41.7 Å². The van der Waals surface area contributed by atoms with Gasteiger partial charge in [0.15, 0.2) is 5.54 Å². The molecule has 1 spiro atoms. The topological polar surface area (TPSA) is 68.2 Å². The second-order valence-corrected chi connectivity index (χ2v) is 7.71.